The Morgan fingerprint density at radius 1 is 0.750 bits per heavy atom. The maximum Gasteiger partial charge on any atom is 0.319 e. The number of hydrogen-bond donors (Lipinski definition) is 0. The second-order valence-electron chi connectivity index (χ2n) is 7.42. The van der Waals surface area contributed by atoms with Gasteiger partial charge in [0.2, 0.25) is 0 Å². The summed E-state index contributed by atoms with van der Waals surface area (Å²) in [6, 6.07) is 0.300. The highest BCUT2D eigenvalue weighted by Gasteiger charge is 2.30. The highest BCUT2D eigenvalue weighted by Crippen LogP contribution is 2.27. The first-order valence-electron chi connectivity index (χ1n) is 8.53. The van der Waals surface area contributed by atoms with Gasteiger partial charge in [-0.05, 0) is 49.4 Å². The smallest absolute Gasteiger partial charge is 0.319 e. The van der Waals surface area contributed by atoms with Gasteiger partial charge in [-0.2, -0.15) is 0 Å². The third-order valence-electron chi connectivity index (χ3n) is 5.51. The van der Waals surface area contributed by atoms with Gasteiger partial charge in [0.1, 0.15) is 0 Å². The Balaban J connectivity index is 1.79. The molecule has 0 aliphatic carbocycles. The van der Waals surface area contributed by atoms with E-state index >= 15 is 0 Å². The second kappa shape index (κ2) is 6.82. The third kappa shape index (κ3) is 3.67. The van der Waals surface area contributed by atoms with E-state index < -0.39 is 0 Å². The lowest BCUT2D eigenvalue weighted by Crippen LogP contribution is -2.49. The van der Waals surface area contributed by atoms with Gasteiger partial charge in [-0.3, -0.25) is 0 Å². The summed E-state index contributed by atoms with van der Waals surface area (Å²) in [6.45, 7) is 13.1. The van der Waals surface area contributed by atoms with Gasteiger partial charge in [-0.25, -0.2) is 4.79 Å². The van der Waals surface area contributed by atoms with E-state index in [0.29, 0.717) is 6.03 Å². The first-order valence-corrected chi connectivity index (χ1v) is 8.53. The molecule has 0 saturated carbocycles. The molecule has 0 bridgehead atoms. The monoisotopic (exact) mass is 280 g/mol. The molecular weight excluding hydrogens is 248 g/mol. The van der Waals surface area contributed by atoms with Gasteiger partial charge in [0, 0.05) is 26.2 Å². The number of hydrogen-bond acceptors (Lipinski definition) is 1. The van der Waals surface area contributed by atoms with Crippen LogP contribution in [0.2, 0.25) is 0 Å². The predicted octanol–water partition coefficient (Wildman–Crippen LogP) is 3.84. The van der Waals surface area contributed by atoms with Gasteiger partial charge < -0.3 is 9.80 Å². The standard InChI is InChI=1S/C17H32N2O/c1-13(2)15-5-9-18(10-6-15)17(20)19-11-7-16(8-12-19)14(3)4/h13-16H,5-12H2,1-4H3. The lowest BCUT2D eigenvalue weighted by Gasteiger charge is -2.40. The fraction of sp³-hybridized carbons (Fsp3) is 0.941. The number of rotatable bonds is 2. The van der Waals surface area contributed by atoms with Crippen LogP contribution in [-0.2, 0) is 0 Å². The number of carbonyl (C=O) groups is 1. The zero-order valence-corrected chi connectivity index (χ0v) is 13.8. The minimum absolute atomic E-state index is 0.300. The highest BCUT2D eigenvalue weighted by atomic mass is 16.2. The Morgan fingerprint density at radius 2 is 1.05 bits per heavy atom. The molecule has 0 atom stereocenters. The Labute approximate surface area is 124 Å². The van der Waals surface area contributed by atoms with Crippen molar-refractivity contribution < 1.29 is 4.79 Å². The highest BCUT2D eigenvalue weighted by molar-refractivity contribution is 5.74. The van der Waals surface area contributed by atoms with Crippen molar-refractivity contribution in [3.05, 3.63) is 0 Å². The molecule has 2 heterocycles. The Kier molecular flexibility index (Phi) is 5.34. The molecule has 2 aliphatic heterocycles. The van der Waals surface area contributed by atoms with Gasteiger partial charge >= 0.3 is 6.03 Å². The van der Waals surface area contributed by atoms with Crippen molar-refractivity contribution in [3.63, 3.8) is 0 Å². The molecule has 2 saturated heterocycles. The summed E-state index contributed by atoms with van der Waals surface area (Å²) in [5, 5.41) is 0. The average Bonchev–Trinajstić information content (AvgIpc) is 2.46. The summed E-state index contributed by atoms with van der Waals surface area (Å²) in [6.07, 6.45) is 4.75. The molecule has 3 heteroatoms. The van der Waals surface area contributed by atoms with E-state index in [0.717, 1.165) is 49.9 Å². The van der Waals surface area contributed by atoms with Crippen molar-refractivity contribution in [1.82, 2.24) is 9.80 Å². The van der Waals surface area contributed by atoms with E-state index in [9.17, 15) is 4.79 Å². The van der Waals surface area contributed by atoms with Crippen molar-refractivity contribution >= 4 is 6.03 Å². The molecule has 0 unspecified atom stereocenters. The Morgan fingerprint density at radius 3 is 1.30 bits per heavy atom. The Hall–Kier alpha value is -0.730. The molecule has 116 valence electrons. The number of likely N-dealkylation sites (tertiary alicyclic amines) is 2. The van der Waals surface area contributed by atoms with Crippen LogP contribution in [0.4, 0.5) is 4.79 Å². The summed E-state index contributed by atoms with van der Waals surface area (Å²) in [7, 11) is 0. The minimum Gasteiger partial charge on any atom is -0.325 e. The van der Waals surface area contributed by atoms with E-state index in [4.69, 9.17) is 0 Å². The van der Waals surface area contributed by atoms with Crippen molar-refractivity contribution in [1.29, 1.82) is 0 Å². The van der Waals surface area contributed by atoms with Crippen LogP contribution in [0.1, 0.15) is 53.4 Å². The summed E-state index contributed by atoms with van der Waals surface area (Å²) < 4.78 is 0. The Bertz CT molecular complexity index is 281. The van der Waals surface area contributed by atoms with Crippen LogP contribution in [0, 0.1) is 23.7 Å². The summed E-state index contributed by atoms with van der Waals surface area (Å²) in [5.74, 6) is 3.14. The second-order valence-corrected chi connectivity index (χ2v) is 7.42. The van der Waals surface area contributed by atoms with Gasteiger partial charge in [0.15, 0.2) is 0 Å². The van der Waals surface area contributed by atoms with Crippen LogP contribution >= 0.6 is 0 Å². The van der Waals surface area contributed by atoms with E-state index in [1.54, 1.807) is 0 Å². The maximum atomic E-state index is 12.6. The topological polar surface area (TPSA) is 23.6 Å². The first-order chi connectivity index (χ1) is 9.49. The van der Waals surface area contributed by atoms with Gasteiger partial charge in [0.05, 0.1) is 0 Å². The molecule has 0 N–H and O–H groups in total. The number of piperidine rings is 2. The van der Waals surface area contributed by atoms with Gasteiger partial charge in [-0.15, -0.1) is 0 Å². The van der Waals surface area contributed by atoms with Crippen LogP contribution in [0.5, 0.6) is 0 Å². The average molecular weight is 280 g/mol. The lowest BCUT2D eigenvalue weighted by molar-refractivity contribution is 0.104. The van der Waals surface area contributed by atoms with Crippen molar-refractivity contribution in [2.75, 3.05) is 26.2 Å². The molecule has 0 aromatic heterocycles. The molecule has 0 radical (unpaired) electrons. The molecule has 2 rings (SSSR count). The number of carbonyl (C=O) groups excluding carboxylic acids is 1. The fourth-order valence-corrected chi connectivity index (χ4v) is 3.71. The number of urea groups is 1. The maximum absolute atomic E-state index is 12.6. The molecule has 2 fully saturated rings. The third-order valence-corrected chi connectivity index (χ3v) is 5.51. The largest absolute Gasteiger partial charge is 0.325 e. The van der Waals surface area contributed by atoms with Crippen LogP contribution in [0.3, 0.4) is 0 Å². The SMILES string of the molecule is CC(C)C1CCN(C(=O)N2CCC(C(C)C)CC2)CC1. The lowest BCUT2D eigenvalue weighted by atomic mass is 9.86. The summed E-state index contributed by atoms with van der Waals surface area (Å²) in [4.78, 5) is 16.7. The molecule has 2 amide bonds. The molecule has 2 aliphatic rings. The zero-order valence-electron chi connectivity index (χ0n) is 13.8. The predicted molar refractivity (Wildman–Crippen MR) is 83.7 cm³/mol. The van der Waals surface area contributed by atoms with E-state index in [-0.39, 0.29) is 0 Å². The van der Waals surface area contributed by atoms with Crippen LogP contribution in [-0.4, -0.2) is 42.0 Å². The van der Waals surface area contributed by atoms with Crippen molar-refractivity contribution in [2.45, 2.75) is 53.4 Å². The summed E-state index contributed by atoms with van der Waals surface area (Å²) >= 11 is 0. The van der Waals surface area contributed by atoms with Crippen LogP contribution in [0.25, 0.3) is 0 Å². The number of nitrogens with zero attached hydrogens (tertiary/aromatic N) is 2. The molecule has 0 aromatic carbocycles. The molecule has 3 nitrogen and oxygen atoms in total. The van der Waals surface area contributed by atoms with Gasteiger partial charge in [0.25, 0.3) is 0 Å². The van der Waals surface area contributed by atoms with Crippen molar-refractivity contribution in [3.8, 4) is 0 Å². The molecule has 0 spiro atoms. The first kappa shape index (κ1) is 15.7. The fourth-order valence-electron chi connectivity index (χ4n) is 3.71. The van der Waals surface area contributed by atoms with E-state index in [1.165, 1.54) is 25.7 Å². The van der Waals surface area contributed by atoms with Gasteiger partial charge in [-0.1, -0.05) is 27.7 Å². The van der Waals surface area contributed by atoms with Crippen LogP contribution < -0.4 is 0 Å². The molecule has 20 heavy (non-hydrogen) atoms. The van der Waals surface area contributed by atoms with E-state index in [2.05, 4.69) is 37.5 Å². The van der Waals surface area contributed by atoms with Crippen molar-refractivity contribution in [2.24, 2.45) is 23.7 Å². The zero-order chi connectivity index (χ0) is 14.7. The minimum atomic E-state index is 0.300. The molecular formula is C17H32N2O. The van der Waals surface area contributed by atoms with E-state index in [1.807, 2.05) is 0 Å². The quantitative estimate of drug-likeness (QED) is 0.754. The molecule has 0 aromatic rings. The normalized spacial score (nSPS) is 22.9. The number of amides is 2. The summed E-state index contributed by atoms with van der Waals surface area (Å²) in [5.41, 5.74) is 0. The van der Waals surface area contributed by atoms with Crippen LogP contribution in [0.15, 0.2) is 0 Å².